The van der Waals surface area contributed by atoms with Gasteiger partial charge in [0.1, 0.15) is 12.4 Å². The third-order valence-corrected chi connectivity index (χ3v) is 3.69. The molecule has 0 atom stereocenters. The summed E-state index contributed by atoms with van der Waals surface area (Å²) in [5.74, 6) is -0.215. The number of nitrogens with zero attached hydrogens (tertiary/aromatic N) is 1. The quantitative estimate of drug-likeness (QED) is 0.491. The Bertz CT molecular complexity index is 891. The number of benzene rings is 3. The van der Waals surface area contributed by atoms with Gasteiger partial charge in [0, 0.05) is 5.56 Å². The number of rotatable bonds is 7. The molecule has 0 aliphatic carbocycles. The topological polar surface area (TPSA) is 70.9 Å². The van der Waals surface area contributed by atoms with Gasteiger partial charge in [-0.05, 0) is 42.0 Å². The lowest BCUT2D eigenvalue weighted by Gasteiger charge is -2.09. The molecule has 0 unspecified atom stereocenters. The van der Waals surface area contributed by atoms with E-state index in [4.69, 9.17) is 9.84 Å². The normalized spacial score (nSPS) is 10.6. The van der Waals surface area contributed by atoms with Crippen LogP contribution < -0.4 is 10.2 Å². The van der Waals surface area contributed by atoms with Crippen LogP contribution in [0, 0.1) is 0 Å². The molecule has 0 amide bonds. The second kappa shape index (κ2) is 8.48. The van der Waals surface area contributed by atoms with Crippen molar-refractivity contribution < 1.29 is 14.6 Å². The van der Waals surface area contributed by atoms with Gasteiger partial charge in [0.2, 0.25) is 0 Å². The van der Waals surface area contributed by atoms with Crippen LogP contribution in [0.4, 0.5) is 5.69 Å². The van der Waals surface area contributed by atoms with Gasteiger partial charge in [-0.15, -0.1) is 0 Å². The van der Waals surface area contributed by atoms with Crippen LogP contribution in [0.1, 0.15) is 21.5 Å². The number of hydrogen-bond acceptors (Lipinski definition) is 4. The summed E-state index contributed by atoms with van der Waals surface area (Å²) in [6.07, 6.45) is 1.67. The molecule has 0 radical (unpaired) electrons. The van der Waals surface area contributed by atoms with Crippen LogP contribution in [0.3, 0.4) is 0 Å². The number of carboxylic acid groups (broad SMARTS) is 1. The van der Waals surface area contributed by atoms with E-state index in [0.717, 1.165) is 16.9 Å². The van der Waals surface area contributed by atoms with Gasteiger partial charge >= 0.3 is 5.97 Å². The number of para-hydroxylation sites is 1. The first kappa shape index (κ1) is 17.2. The minimum Gasteiger partial charge on any atom is -0.488 e. The first-order valence-corrected chi connectivity index (χ1v) is 8.10. The van der Waals surface area contributed by atoms with Crippen LogP contribution in [0.15, 0.2) is 84.0 Å². The van der Waals surface area contributed by atoms with Gasteiger partial charge < -0.3 is 9.84 Å². The summed E-state index contributed by atoms with van der Waals surface area (Å²) < 4.78 is 5.88. The Labute approximate surface area is 151 Å². The van der Waals surface area contributed by atoms with Crippen molar-refractivity contribution in [3.63, 3.8) is 0 Å². The molecule has 0 saturated carbocycles. The molecule has 26 heavy (non-hydrogen) atoms. The second-order valence-electron chi connectivity index (χ2n) is 5.56. The number of aromatic carboxylic acids is 1. The molecular formula is C21H18N2O3. The first-order chi connectivity index (χ1) is 12.7. The van der Waals surface area contributed by atoms with Gasteiger partial charge in [0.05, 0.1) is 17.5 Å². The minimum atomic E-state index is -0.954. The fraction of sp³-hybridized carbons (Fsp3) is 0.0476. The molecule has 0 heterocycles. The zero-order valence-corrected chi connectivity index (χ0v) is 14.0. The van der Waals surface area contributed by atoms with Crippen molar-refractivity contribution in [2.24, 2.45) is 5.10 Å². The molecule has 130 valence electrons. The van der Waals surface area contributed by atoms with Gasteiger partial charge in [-0.3, -0.25) is 5.43 Å². The highest BCUT2D eigenvalue weighted by Crippen LogP contribution is 2.18. The Balaban J connectivity index is 1.64. The van der Waals surface area contributed by atoms with E-state index in [1.54, 1.807) is 18.3 Å². The third-order valence-electron chi connectivity index (χ3n) is 3.69. The second-order valence-corrected chi connectivity index (χ2v) is 5.56. The van der Waals surface area contributed by atoms with E-state index in [0.29, 0.717) is 12.3 Å². The predicted octanol–water partition coefficient (Wildman–Crippen LogP) is 4.41. The van der Waals surface area contributed by atoms with Crippen LogP contribution >= 0.6 is 0 Å². The number of anilines is 1. The van der Waals surface area contributed by atoms with E-state index in [2.05, 4.69) is 10.5 Å². The van der Waals surface area contributed by atoms with Crippen molar-refractivity contribution in [3.8, 4) is 5.75 Å². The van der Waals surface area contributed by atoms with Crippen molar-refractivity contribution in [1.82, 2.24) is 0 Å². The summed E-state index contributed by atoms with van der Waals surface area (Å²) in [5.41, 5.74) is 5.76. The van der Waals surface area contributed by atoms with E-state index in [1.807, 2.05) is 54.6 Å². The van der Waals surface area contributed by atoms with Crippen molar-refractivity contribution in [1.29, 1.82) is 0 Å². The lowest BCUT2D eigenvalue weighted by atomic mass is 10.2. The highest BCUT2D eigenvalue weighted by molar-refractivity contribution is 5.88. The Morgan fingerprint density at radius 3 is 2.38 bits per heavy atom. The highest BCUT2D eigenvalue weighted by Gasteiger charge is 2.02. The van der Waals surface area contributed by atoms with Crippen molar-refractivity contribution in [2.75, 3.05) is 5.43 Å². The molecule has 3 aromatic rings. The molecule has 0 aromatic heterocycles. The monoisotopic (exact) mass is 346 g/mol. The molecule has 0 aliphatic heterocycles. The SMILES string of the molecule is O=C(O)c1ccc(N/N=C\c2ccccc2OCc2ccccc2)cc1. The van der Waals surface area contributed by atoms with Gasteiger partial charge in [-0.1, -0.05) is 42.5 Å². The Hall–Kier alpha value is -3.60. The van der Waals surface area contributed by atoms with Crippen molar-refractivity contribution in [2.45, 2.75) is 6.61 Å². The molecule has 0 spiro atoms. The summed E-state index contributed by atoms with van der Waals surface area (Å²) in [7, 11) is 0. The summed E-state index contributed by atoms with van der Waals surface area (Å²) in [6.45, 7) is 0.482. The minimum absolute atomic E-state index is 0.235. The molecule has 3 rings (SSSR count). The number of nitrogens with one attached hydrogen (secondary N) is 1. The maximum atomic E-state index is 10.8. The molecule has 0 aliphatic rings. The van der Waals surface area contributed by atoms with Gasteiger partial charge in [0.25, 0.3) is 0 Å². The summed E-state index contributed by atoms with van der Waals surface area (Å²) in [6, 6.07) is 24.0. The average Bonchev–Trinajstić information content (AvgIpc) is 2.68. The van der Waals surface area contributed by atoms with Crippen LogP contribution in [0.5, 0.6) is 5.75 Å². The number of carboxylic acids is 1. The predicted molar refractivity (Wildman–Crippen MR) is 102 cm³/mol. The zero-order valence-electron chi connectivity index (χ0n) is 14.0. The van der Waals surface area contributed by atoms with Crippen LogP contribution in [0.25, 0.3) is 0 Å². The fourth-order valence-electron chi connectivity index (χ4n) is 2.32. The maximum absolute atomic E-state index is 10.8. The highest BCUT2D eigenvalue weighted by atomic mass is 16.5. The summed E-state index contributed by atoms with van der Waals surface area (Å²) in [5, 5.41) is 13.1. The van der Waals surface area contributed by atoms with Crippen LogP contribution in [-0.4, -0.2) is 17.3 Å². The largest absolute Gasteiger partial charge is 0.488 e. The van der Waals surface area contributed by atoms with Gasteiger partial charge in [-0.2, -0.15) is 5.10 Å². The molecule has 2 N–H and O–H groups in total. The van der Waals surface area contributed by atoms with E-state index in [-0.39, 0.29) is 5.56 Å². The molecule has 0 saturated heterocycles. The van der Waals surface area contributed by atoms with Crippen molar-refractivity contribution >= 4 is 17.9 Å². The third kappa shape index (κ3) is 4.70. The summed E-state index contributed by atoms with van der Waals surface area (Å²) >= 11 is 0. The van der Waals surface area contributed by atoms with E-state index >= 15 is 0 Å². The number of carbonyl (C=O) groups is 1. The molecule has 0 bridgehead atoms. The smallest absolute Gasteiger partial charge is 0.335 e. The van der Waals surface area contributed by atoms with E-state index in [1.165, 1.54) is 12.1 Å². The standard InChI is InChI=1S/C21H18N2O3/c24-21(25)17-10-12-19(13-11-17)23-22-14-18-8-4-5-9-20(18)26-15-16-6-2-1-3-7-16/h1-14,23H,15H2,(H,24,25)/b22-14-. The van der Waals surface area contributed by atoms with Crippen molar-refractivity contribution in [3.05, 3.63) is 95.6 Å². The number of hydrogen-bond donors (Lipinski definition) is 2. The average molecular weight is 346 g/mol. The first-order valence-electron chi connectivity index (χ1n) is 8.10. The Morgan fingerprint density at radius 2 is 1.65 bits per heavy atom. The van der Waals surface area contributed by atoms with E-state index in [9.17, 15) is 4.79 Å². The lowest BCUT2D eigenvalue weighted by Crippen LogP contribution is -1.99. The Kier molecular flexibility index (Phi) is 5.62. The van der Waals surface area contributed by atoms with E-state index < -0.39 is 5.97 Å². The zero-order chi connectivity index (χ0) is 18.2. The van der Waals surface area contributed by atoms with Gasteiger partial charge in [-0.25, -0.2) is 4.79 Å². The lowest BCUT2D eigenvalue weighted by molar-refractivity contribution is 0.0697. The Morgan fingerprint density at radius 1 is 0.962 bits per heavy atom. The molecule has 3 aromatic carbocycles. The molecular weight excluding hydrogens is 328 g/mol. The molecule has 5 heteroatoms. The number of hydrazone groups is 1. The molecule has 5 nitrogen and oxygen atoms in total. The van der Waals surface area contributed by atoms with Crippen LogP contribution in [0.2, 0.25) is 0 Å². The van der Waals surface area contributed by atoms with Gasteiger partial charge in [0.15, 0.2) is 0 Å². The molecule has 0 fully saturated rings. The number of ether oxygens (including phenoxy) is 1. The summed E-state index contributed by atoms with van der Waals surface area (Å²) in [4.78, 5) is 10.8. The maximum Gasteiger partial charge on any atom is 0.335 e. The van der Waals surface area contributed by atoms with Crippen LogP contribution in [-0.2, 0) is 6.61 Å². The fourth-order valence-corrected chi connectivity index (χ4v) is 2.32.